The highest BCUT2D eigenvalue weighted by molar-refractivity contribution is 5.96. The van der Waals surface area contributed by atoms with Crippen LogP contribution in [0.25, 0.3) is 0 Å². The number of ether oxygens (including phenoxy) is 1. The second kappa shape index (κ2) is 8.66. The fraction of sp³-hybridized carbons (Fsp3) is 0.391. The van der Waals surface area contributed by atoms with Crippen LogP contribution in [-0.2, 0) is 16.0 Å². The van der Waals surface area contributed by atoms with Crippen molar-refractivity contribution >= 4 is 12.0 Å². The lowest BCUT2D eigenvalue weighted by atomic mass is 9.78. The third kappa shape index (κ3) is 4.59. The van der Waals surface area contributed by atoms with Crippen molar-refractivity contribution in [1.29, 1.82) is 0 Å². The summed E-state index contributed by atoms with van der Waals surface area (Å²) in [6.07, 6.45) is -0.374. The molecule has 29 heavy (non-hydrogen) atoms. The molecule has 0 aromatic heterocycles. The van der Waals surface area contributed by atoms with Crippen LogP contribution in [0, 0.1) is 5.41 Å². The number of benzene rings is 2. The number of hydrogen-bond acceptors (Lipinski definition) is 5. The number of amides is 2. The number of hydrogen-bond donors (Lipinski definition) is 2. The van der Waals surface area contributed by atoms with Gasteiger partial charge in [-0.05, 0) is 42.5 Å². The number of cyclic esters (lactones) is 1. The molecule has 0 spiro atoms. The van der Waals surface area contributed by atoms with Gasteiger partial charge in [-0.1, -0.05) is 56.3 Å². The van der Waals surface area contributed by atoms with Gasteiger partial charge in [0.25, 0.3) is 0 Å². The number of aliphatic hydroxyl groups is 1. The van der Waals surface area contributed by atoms with E-state index in [-0.39, 0.29) is 30.7 Å². The third-order valence-corrected chi connectivity index (χ3v) is 5.71. The first-order valence-electron chi connectivity index (χ1n) is 9.85. The summed E-state index contributed by atoms with van der Waals surface area (Å²) >= 11 is 0. The maximum atomic E-state index is 13.4. The number of phenolic OH excluding ortho intramolecular Hbond substituents is 1. The summed E-state index contributed by atoms with van der Waals surface area (Å²) in [4.78, 5) is 27.0. The average molecular weight is 397 g/mol. The van der Waals surface area contributed by atoms with E-state index < -0.39 is 17.6 Å². The summed E-state index contributed by atoms with van der Waals surface area (Å²) in [5.41, 5.74) is 0.700. The van der Waals surface area contributed by atoms with Gasteiger partial charge in [-0.25, -0.2) is 9.69 Å². The lowest BCUT2D eigenvalue weighted by Gasteiger charge is -2.33. The van der Waals surface area contributed by atoms with Gasteiger partial charge in [0.05, 0.1) is 12.1 Å². The van der Waals surface area contributed by atoms with Gasteiger partial charge < -0.3 is 14.9 Å². The molecule has 2 aromatic rings. The van der Waals surface area contributed by atoms with Crippen LogP contribution in [-0.4, -0.2) is 39.8 Å². The summed E-state index contributed by atoms with van der Waals surface area (Å²) in [6, 6.07) is 15.6. The van der Waals surface area contributed by atoms with E-state index >= 15 is 0 Å². The van der Waals surface area contributed by atoms with Gasteiger partial charge in [0.15, 0.2) is 0 Å². The topological polar surface area (TPSA) is 87.1 Å². The highest BCUT2D eigenvalue weighted by Gasteiger charge is 2.46. The number of nitrogens with zero attached hydrogens (tertiary/aromatic N) is 1. The number of rotatable bonds is 7. The van der Waals surface area contributed by atoms with Gasteiger partial charge in [-0.2, -0.15) is 0 Å². The Labute approximate surface area is 170 Å². The van der Waals surface area contributed by atoms with Crippen molar-refractivity contribution in [1.82, 2.24) is 4.90 Å². The van der Waals surface area contributed by atoms with Crippen molar-refractivity contribution in [3.8, 4) is 5.75 Å². The Morgan fingerprint density at radius 2 is 1.86 bits per heavy atom. The third-order valence-electron chi connectivity index (χ3n) is 5.71. The van der Waals surface area contributed by atoms with Crippen LogP contribution in [0.5, 0.6) is 5.75 Å². The van der Waals surface area contributed by atoms with Gasteiger partial charge in [0, 0.05) is 5.41 Å². The first-order valence-corrected chi connectivity index (χ1v) is 9.85. The number of aromatic hydroxyl groups is 1. The lowest BCUT2D eigenvalue weighted by molar-refractivity contribution is -0.141. The average Bonchev–Trinajstić information content (AvgIpc) is 3.08. The molecule has 2 unspecified atom stereocenters. The van der Waals surface area contributed by atoms with Crippen LogP contribution in [0.3, 0.4) is 0 Å². The fourth-order valence-electron chi connectivity index (χ4n) is 3.66. The molecule has 0 aliphatic carbocycles. The highest BCUT2D eigenvalue weighted by atomic mass is 16.6. The predicted molar refractivity (Wildman–Crippen MR) is 108 cm³/mol. The molecular formula is C23H27NO5. The number of aliphatic hydroxyl groups excluding tert-OH is 1. The minimum atomic E-state index is -0.935. The number of phenols is 1. The van der Waals surface area contributed by atoms with E-state index in [4.69, 9.17) is 4.74 Å². The molecule has 1 aliphatic rings. The maximum absolute atomic E-state index is 13.4. The highest BCUT2D eigenvalue weighted by Crippen LogP contribution is 2.37. The lowest BCUT2D eigenvalue weighted by Crippen LogP contribution is -2.48. The van der Waals surface area contributed by atoms with E-state index in [1.807, 2.05) is 37.3 Å². The van der Waals surface area contributed by atoms with Crippen LogP contribution < -0.4 is 0 Å². The predicted octanol–water partition coefficient (Wildman–Crippen LogP) is 3.82. The maximum Gasteiger partial charge on any atom is 0.417 e. The smallest absolute Gasteiger partial charge is 0.417 e. The Bertz CT molecular complexity index is 851. The second-order valence-corrected chi connectivity index (χ2v) is 7.82. The van der Waals surface area contributed by atoms with E-state index in [0.717, 1.165) is 5.56 Å². The van der Waals surface area contributed by atoms with Gasteiger partial charge in [0.1, 0.15) is 12.4 Å². The number of carbonyl (C=O) groups excluding carboxylic acids is 2. The first kappa shape index (κ1) is 20.9. The van der Waals surface area contributed by atoms with E-state index in [1.54, 1.807) is 19.1 Å². The molecule has 3 rings (SSSR count). The molecule has 2 amide bonds. The Morgan fingerprint density at radius 1 is 1.21 bits per heavy atom. The molecule has 0 bridgehead atoms. The molecule has 2 N–H and O–H groups in total. The van der Waals surface area contributed by atoms with Crippen LogP contribution >= 0.6 is 0 Å². The van der Waals surface area contributed by atoms with Crippen LogP contribution in [0.4, 0.5) is 4.79 Å². The fourth-order valence-corrected chi connectivity index (χ4v) is 3.66. The largest absolute Gasteiger partial charge is 0.508 e. The quantitative estimate of drug-likeness (QED) is 0.742. The first-order chi connectivity index (χ1) is 13.8. The molecule has 1 saturated heterocycles. The molecule has 0 saturated carbocycles. The van der Waals surface area contributed by atoms with Crippen LogP contribution in [0.1, 0.15) is 43.9 Å². The summed E-state index contributed by atoms with van der Waals surface area (Å²) in [5.74, 6) is -0.222. The Balaban J connectivity index is 1.78. The normalized spacial score (nSPS) is 19.5. The van der Waals surface area contributed by atoms with Crippen molar-refractivity contribution in [3.05, 3.63) is 65.7 Å². The number of carbonyl (C=O) groups is 2. The zero-order valence-electron chi connectivity index (χ0n) is 16.7. The number of imide groups is 1. The molecule has 1 heterocycles. The van der Waals surface area contributed by atoms with Gasteiger partial charge in [0.2, 0.25) is 5.91 Å². The summed E-state index contributed by atoms with van der Waals surface area (Å²) in [7, 11) is 0. The minimum Gasteiger partial charge on any atom is -0.508 e. The molecule has 1 fully saturated rings. The van der Waals surface area contributed by atoms with Crippen LogP contribution in [0.15, 0.2) is 54.6 Å². The zero-order chi connectivity index (χ0) is 21.0. The minimum absolute atomic E-state index is 0.110. The summed E-state index contributed by atoms with van der Waals surface area (Å²) in [6.45, 7) is 3.80. The second-order valence-electron chi connectivity index (χ2n) is 7.82. The molecule has 6 heteroatoms. The zero-order valence-corrected chi connectivity index (χ0v) is 16.7. The van der Waals surface area contributed by atoms with Gasteiger partial charge in [-0.3, -0.25) is 4.79 Å². The van der Waals surface area contributed by atoms with E-state index in [0.29, 0.717) is 18.4 Å². The van der Waals surface area contributed by atoms with Crippen molar-refractivity contribution in [3.63, 3.8) is 0 Å². The Kier molecular flexibility index (Phi) is 6.23. The Hall–Kier alpha value is -2.86. The summed E-state index contributed by atoms with van der Waals surface area (Å²) < 4.78 is 5.19. The van der Waals surface area contributed by atoms with Crippen molar-refractivity contribution in [2.45, 2.75) is 45.3 Å². The van der Waals surface area contributed by atoms with Crippen molar-refractivity contribution in [2.24, 2.45) is 5.41 Å². The van der Waals surface area contributed by atoms with Crippen molar-refractivity contribution < 1.29 is 24.5 Å². The van der Waals surface area contributed by atoms with Crippen molar-refractivity contribution in [2.75, 3.05) is 6.61 Å². The van der Waals surface area contributed by atoms with E-state index in [1.165, 1.54) is 17.0 Å². The molecule has 154 valence electrons. The standard InChI is InChI=1S/C23H27NO5/c1-3-23(2,14-20(26)17-9-11-19(25)12-10-17)21(27)24-18(15-29-22(24)28)13-16-7-5-4-6-8-16/h4-12,18,20,25-26H,3,13-15H2,1-2H3/t18-,20?,23?/m0/s1. The molecule has 6 nitrogen and oxygen atoms in total. The molecule has 0 radical (unpaired) electrons. The van der Waals surface area contributed by atoms with Gasteiger partial charge in [-0.15, -0.1) is 0 Å². The Morgan fingerprint density at radius 3 is 2.48 bits per heavy atom. The summed E-state index contributed by atoms with van der Waals surface area (Å²) in [5, 5.41) is 20.1. The monoisotopic (exact) mass is 397 g/mol. The molecule has 2 aromatic carbocycles. The SMILES string of the molecule is CCC(C)(CC(O)c1ccc(O)cc1)C(=O)N1C(=O)OC[C@@H]1Cc1ccccc1. The van der Waals surface area contributed by atoms with E-state index in [2.05, 4.69) is 0 Å². The van der Waals surface area contributed by atoms with E-state index in [9.17, 15) is 19.8 Å². The molecule has 1 aliphatic heterocycles. The van der Waals surface area contributed by atoms with Gasteiger partial charge >= 0.3 is 6.09 Å². The van der Waals surface area contributed by atoms with Crippen LogP contribution in [0.2, 0.25) is 0 Å². The molecular weight excluding hydrogens is 370 g/mol. The molecule has 3 atom stereocenters.